The Morgan fingerprint density at radius 2 is 2.29 bits per heavy atom. The first-order valence-electron chi connectivity index (χ1n) is 4.62. The van der Waals surface area contributed by atoms with E-state index in [0.29, 0.717) is 4.88 Å². The van der Waals surface area contributed by atoms with Crippen LogP contribution in [-0.4, -0.2) is 18.2 Å². The van der Waals surface area contributed by atoms with Crippen molar-refractivity contribution in [3.63, 3.8) is 0 Å². The fraction of sp³-hybridized carbons (Fsp3) is 0.400. The van der Waals surface area contributed by atoms with E-state index in [1.807, 2.05) is 11.4 Å². The van der Waals surface area contributed by atoms with E-state index in [2.05, 4.69) is 5.32 Å². The molecule has 0 spiro atoms. The Morgan fingerprint density at radius 3 is 2.86 bits per heavy atom. The van der Waals surface area contributed by atoms with E-state index in [0.717, 1.165) is 12.8 Å². The molecule has 0 bridgehead atoms. The summed E-state index contributed by atoms with van der Waals surface area (Å²) in [7, 11) is 0. The molecule has 0 atom stereocenters. The summed E-state index contributed by atoms with van der Waals surface area (Å²) in [5.41, 5.74) is 0. The van der Waals surface area contributed by atoms with Crippen LogP contribution in [0.15, 0.2) is 17.5 Å². The van der Waals surface area contributed by atoms with Crippen molar-refractivity contribution >= 4 is 23.0 Å². The van der Waals surface area contributed by atoms with Crippen molar-refractivity contribution in [1.29, 1.82) is 0 Å². The third-order valence-electron chi connectivity index (χ3n) is 2.17. The van der Waals surface area contributed by atoms with E-state index < -0.39 is 0 Å². The van der Waals surface area contributed by atoms with Crippen LogP contribution < -0.4 is 5.32 Å². The lowest BCUT2D eigenvalue weighted by Gasteiger charge is -2.01. The fourth-order valence-corrected chi connectivity index (χ4v) is 1.85. The monoisotopic (exact) mass is 209 g/mol. The number of carbonyl (C=O) groups excluding carboxylic acids is 2. The van der Waals surface area contributed by atoms with Gasteiger partial charge in [-0.1, -0.05) is 6.07 Å². The molecule has 1 aliphatic carbocycles. The zero-order valence-corrected chi connectivity index (χ0v) is 8.47. The number of thiophene rings is 1. The molecule has 1 fully saturated rings. The molecule has 1 heterocycles. The molecule has 1 N–H and O–H groups in total. The number of carbonyl (C=O) groups is 2. The van der Waals surface area contributed by atoms with Crippen molar-refractivity contribution in [3.05, 3.63) is 22.4 Å². The highest BCUT2D eigenvalue weighted by atomic mass is 32.1. The molecule has 0 radical (unpaired) electrons. The van der Waals surface area contributed by atoms with Gasteiger partial charge in [-0.2, -0.15) is 0 Å². The molecule has 1 amide bonds. The lowest BCUT2D eigenvalue weighted by Crippen LogP contribution is -2.30. The quantitative estimate of drug-likeness (QED) is 0.763. The van der Waals surface area contributed by atoms with Gasteiger partial charge in [0, 0.05) is 5.92 Å². The van der Waals surface area contributed by atoms with Crippen molar-refractivity contribution in [1.82, 2.24) is 5.32 Å². The third-order valence-corrected chi connectivity index (χ3v) is 3.08. The smallest absolute Gasteiger partial charge is 0.223 e. The number of hydrogen-bond acceptors (Lipinski definition) is 3. The molecule has 4 heteroatoms. The minimum Gasteiger partial charge on any atom is -0.348 e. The van der Waals surface area contributed by atoms with Crippen LogP contribution in [0.1, 0.15) is 22.5 Å². The first-order chi connectivity index (χ1) is 6.77. The van der Waals surface area contributed by atoms with E-state index in [-0.39, 0.29) is 24.2 Å². The topological polar surface area (TPSA) is 46.2 Å². The zero-order valence-electron chi connectivity index (χ0n) is 7.66. The second-order valence-electron chi connectivity index (χ2n) is 3.39. The lowest BCUT2D eigenvalue weighted by molar-refractivity contribution is -0.122. The predicted molar refractivity (Wildman–Crippen MR) is 54.4 cm³/mol. The lowest BCUT2D eigenvalue weighted by atomic mass is 10.3. The molecule has 2 rings (SSSR count). The van der Waals surface area contributed by atoms with E-state index >= 15 is 0 Å². The van der Waals surface area contributed by atoms with Gasteiger partial charge in [0.2, 0.25) is 5.91 Å². The molecular formula is C10H11NO2S. The van der Waals surface area contributed by atoms with E-state index in [9.17, 15) is 9.59 Å². The standard InChI is InChI=1S/C10H11NO2S/c12-8(9-2-1-5-14-9)6-11-10(13)7-3-4-7/h1-2,5,7H,3-4,6H2,(H,11,13). The Hall–Kier alpha value is -1.16. The van der Waals surface area contributed by atoms with Crippen LogP contribution in [0.5, 0.6) is 0 Å². The second kappa shape index (κ2) is 3.92. The largest absolute Gasteiger partial charge is 0.348 e. The van der Waals surface area contributed by atoms with Gasteiger partial charge in [-0.3, -0.25) is 9.59 Å². The summed E-state index contributed by atoms with van der Waals surface area (Å²) in [5, 5.41) is 4.51. The van der Waals surface area contributed by atoms with Gasteiger partial charge in [0.25, 0.3) is 0 Å². The average Bonchev–Trinajstić information content (AvgIpc) is 2.90. The summed E-state index contributed by atoms with van der Waals surface area (Å²) < 4.78 is 0. The maximum atomic E-state index is 11.4. The van der Waals surface area contributed by atoms with Crippen molar-refractivity contribution in [2.24, 2.45) is 5.92 Å². The van der Waals surface area contributed by atoms with Gasteiger partial charge >= 0.3 is 0 Å². The van der Waals surface area contributed by atoms with Gasteiger partial charge in [0.15, 0.2) is 5.78 Å². The van der Waals surface area contributed by atoms with E-state index in [4.69, 9.17) is 0 Å². The van der Waals surface area contributed by atoms with Crippen LogP contribution in [0, 0.1) is 5.92 Å². The molecule has 1 aromatic heterocycles. The second-order valence-corrected chi connectivity index (χ2v) is 4.34. The minimum absolute atomic E-state index is 0.00556. The molecule has 3 nitrogen and oxygen atoms in total. The first kappa shape index (κ1) is 9.40. The van der Waals surface area contributed by atoms with Gasteiger partial charge in [-0.05, 0) is 24.3 Å². The third kappa shape index (κ3) is 2.20. The highest BCUT2D eigenvalue weighted by Gasteiger charge is 2.29. The molecule has 1 aromatic rings. The normalized spacial score (nSPS) is 15.1. The SMILES string of the molecule is O=C(CNC(=O)C1CC1)c1cccs1. The summed E-state index contributed by atoms with van der Waals surface area (Å²) in [5.74, 6) is 0.190. The summed E-state index contributed by atoms with van der Waals surface area (Å²) in [6.07, 6.45) is 1.94. The fourth-order valence-electron chi connectivity index (χ4n) is 1.18. The Morgan fingerprint density at radius 1 is 1.50 bits per heavy atom. The summed E-state index contributed by atoms with van der Waals surface area (Å²) in [6, 6.07) is 3.61. The molecule has 14 heavy (non-hydrogen) atoms. The number of nitrogens with one attached hydrogen (secondary N) is 1. The Balaban J connectivity index is 1.80. The molecule has 1 aliphatic rings. The van der Waals surface area contributed by atoms with E-state index in [1.165, 1.54) is 11.3 Å². The van der Waals surface area contributed by atoms with Gasteiger partial charge in [0.1, 0.15) is 0 Å². The first-order valence-corrected chi connectivity index (χ1v) is 5.50. The molecule has 74 valence electrons. The highest BCUT2D eigenvalue weighted by molar-refractivity contribution is 7.12. The van der Waals surface area contributed by atoms with Crippen molar-refractivity contribution in [2.75, 3.05) is 6.54 Å². The Kier molecular flexibility index (Phi) is 2.63. The summed E-state index contributed by atoms with van der Waals surface area (Å²) in [4.78, 5) is 23.4. The van der Waals surface area contributed by atoms with Crippen LogP contribution >= 0.6 is 11.3 Å². The molecule has 0 aromatic carbocycles. The highest BCUT2D eigenvalue weighted by Crippen LogP contribution is 2.28. The Labute approximate surface area is 86.1 Å². The predicted octanol–water partition coefficient (Wildman–Crippen LogP) is 1.46. The molecule has 0 aliphatic heterocycles. The van der Waals surface area contributed by atoms with Crippen molar-refractivity contribution in [2.45, 2.75) is 12.8 Å². The summed E-state index contributed by atoms with van der Waals surface area (Å²) in [6.45, 7) is 0.135. The Bertz CT molecular complexity index is 341. The molecular weight excluding hydrogens is 198 g/mol. The van der Waals surface area contributed by atoms with E-state index in [1.54, 1.807) is 6.07 Å². The number of amides is 1. The number of Topliss-reactive ketones (excluding diaryl/α,β-unsaturated/α-hetero) is 1. The summed E-state index contributed by atoms with van der Waals surface area (Å²) >= 11 is 1.41. The van der Waals surface area contributed by atoms with Gasteiger partial charge in [-0.25, -0.2) is 0 Å². The van der Waals surface area contributed by atoms with Gasteiger partial charge in [-0.15, -0.1) is 11.3 Å². The molecule has 0 saturated heterocycles. The van der Waals surface area contributed by atoms with Crippen LogP contribution in [0.3, 0.4) is 0 Å². The van der Waals surface area contributed by atoms with Crippen LogP contribution in [-0.2, 0) is 4.79 Å². The number of hydrogen-bond donors (Lipinski definition) is 1. The maximum absolute atomic E-state index is 11.4. The van der Waals surface area contributed by atoms with Crippen molar-refractivity contribution < 1.29 is 9.59 Å². The van der Waals surface area contributed by atoms with Crippen LogP contribution in [0.2, 0.25) is 0 Å². The molecule has 1 saturated carbocycles. The number of ketones is 1. The maximum Gasteiger partial charge on any atom is 0.223 e. The van der Waals surface area contributed by atoms with Crippen LogP contribution in [0.25, 0.3) is 0 Å². The van der Waals surface area contributed by atoms with Crippen molar-refractivity contribution in [3.8, 4) is 0 Å². The zero-order chi connectivity index (χ0) is 9.97. The molecule has 0 unspecified atom stereocenters. The average molecular weight is 209 g/mol. The number of rotatable bonds is 4. The minimum atomic E-state index is -0.00556. The van der Waals surface area contributed by atoms with Crippen LogP contribution in [0.4, 0.5) is 0 Å². The van der Waals surface area contributed by atoms with Gasteiger partial charge < -0.3 is 5.32 Å². The van der Waals surface area contributed by atoms with Gasteiger partial charge in [0.05, 0.1) is 11.4 Å².